The Kier molecular flexibility index (Phi) is 2.89. The van der Waals surface area contributed by atoms with Gasteiger partial charge in [-0.05, 0) is 55.3 Å². The van der Waals surface area contributed by atoms with Gasteiger partial charge in [-0.25, -0.2) is 0 Å². The van der Waals surface area contributed by atoms with Crippen LogP contribution in [0.3, 0.4) is 0 Å². The lowest BCUT2D eigenvalue weighted by molar-refractivity contribution is 0.164. The van der Waals surface area contributed by atoms with E-state index in [2.05, 4.69) is 9.97 Å². The second kappa shape index (κ2) is 4.53. The third-order valence-electron chi connectivity index (χ3n) is 5.12. The van der Waals surface area contributed by atoms with E-state index in [0.717, 1.165) is 23.1 Å². The molecule has 3 nitrogen and oxygen atoms in total. The molecule has 2 aliphatic rings. The molecule has 4 rings (SSSR count). The van der Waals surface area contributed by atoms with Gasteiger partial charge in [-0.1, -0.05) is 19.3 Å². The first-order chi connectivity index (χ1) is 9.67. The molecule has 1 spiro atoms. The fraction of sp³-hybridized carbons (Fsp3) is 0.600. The minimum Gasteiger partial charge on any atom is -0.323 e. The summed E-state index contributed by atoms with van der Waals surface area (Å²) < 4.78 is 0.438. The van der Waals surface area contributed by atoms with Gasteiger partial charge >= 0.3 is 0 Å². The Bertz CT molecular complexity index is 777. The summed E-state index contributed by atoms with van der Waals surface area (Å²) in [5.41, 5.74) is 1.78. The van der Waals surface area contributed by atoms with Gasteiger partial charge in [-0.3, -0.25) is 9.78 Å². The normalized spacial score (nSPS) is 21.2. The van der Waals surface area contributed by atoms with Crippen molar-refractivity contribution in [3.63, 3.8) is 0 Å². The van der Waals surface area contributed by atoms with Gasteiger partial charge in [0.1, 0.15) is 4.83 Å². The topological polar surface area (TPSA) is 48.6 Å². The minimum absolute atomic E-state index is 0.00545. The number of H-pyrrole nitrogens is 2. The molecule has 2 N–H and O–H groups in total. The summed E-state index contributed by atoms with van der Waals surface area (Å²) in [6.45, 7) is 0. The lowest BCUT2D eigenvalue weighted by Gasteiger charge is -2.40. The van der Waals surface area contributed by atoms with Crippen molar-refractivity contribution in [3.05, 3.63) is 25.6 Å². The van der Waals surface area contributed by atoms with Gasteiger partial charge in [0.25, 0.3) is 5.56 Å². The Morgan fingerprint density at radius 2 is 1.90 bits per heavy atom. The number of aryl methyl sites for hydroxylation is 1. The Balaban J connectivity index is 1.88. The molecule has 2 aromatic rings. The van der Waals surface area contributed by atoms with Crippen molar-refractivity contribution in [2.24, 2.45) is 5.41 Å². The quantitative estimate of drug-likeness (QED) is 0.720. The van der Waals surface area contributed by atoms with E-state index in [0.29, 0.717) is 10.2 Å². The second-order valence-electron chi connectivity index (χ2n) is 6.35. The highest BCUT2D eigenvalue weighted by Crippen LogP contribution is 2.48. The van der Waals surface area contributed by atoms with Crippen molar-refractivity contribution in [1.82, 2.24) is 9.97 Å². The standard InChI is InChI=1S/C15H18N2OS2/c18-12-11-9-8-15(5-2-1-3-6-15)7-4-10(9)20-13(11)17-14(19)16-12/h1-8H2,(H2,16,17,18,19). The third-order valence-corrected chi connectivity index (χ3v) is 6.53. The molecule has 1 fully saturated rings. The molecule has 0 aromatic carbocycles. The van der Waals surface area contributed by atoms with Crippen molar-refractivity contribution in [3.8, 4) is 0 Å². The molecule has 106 valence electrons. The summed E-state index contributed by atoms with van der Waals surface area (Å²) in [6.07, 6.45) is 10.3. The zero-order valence-electron chi connectivity index (χ0n) is 11.4. The molecule has 2 aromatic heterocycles. The fourth-order valence-electron chi connectivity index (χ4n) is 4.10. The van der Waals surface area contributed by atoms with E-state index >= 15 is 0 Å². The van der Waals surface area contributed by atoms with E-state index in [1.165, 1.54) is 49.0 Å². The maximum absolute atomic E-state index is 12.3. The van der Waals surface area contributed by atoms with Crippen molar-refractivity contribution < 1.29 is 0 Å². The number of hydrogen-bond acceptors (Lipinski definition) is 3. The number of aromatic nitrogens is 2. The Morgan fingerprint density at radius 3 is 2.70 bits per heavy atom. The molecule has 20 heavy (non-hydrogen) atoms. The van der Waals surface area contributed by atoms with Crippen molar-refractivity contribution in [1.29, 1.82) is 0 Å². The number of rotatable bonds is 0. The van der Waals surface area contributed by atoms with E-state index in [4.69, 9.17) is 12.2 Å². The number of hydrogen-bond donors (Lipinski definition) is 2. The molecule has 0 radical (unpaired) electrons. The summed E-state index contributed by atoms with van der Waals surface area (Å²) in [6, 6.07) is 0. The Labute approximate surface area is 126 Å². The molecular formula is C15H18N2OS2. The molecule has 0 atom stereocenters. The lowest BCUT2D eigenvalue weighted by Crippen LogP contribution is -2.31. The largest absolute Gasteiger partial charge is 0.323 e. The molecule has 0 saturated heterocycles. The summed E-state index contributed by atoms with van der Waals surface area (Å²) in [4.78, 5) is 20.5. The van der Waals surface area contributed by atoms with Gasteiger partial charge in [0.05, 0.1) is 5.39 Å². The summed E-state index contributed by atoms with van der Waals surface area (Å²) in [5, 5.41) is 0.878. The number of nitrogens with one attached hydrogen (secondary N) is 2. The van der Waals surface area contributed by atoms with Crippen LogP contribution < -0.4 is 5.56 Å². The predicted octanol–water partition coefficient (Wildman–Crippen LogP) is 4.09. The van der Waals surface area contributed by atoms with Crippen LogP contribution in [0.4, 0.5) is 0 Å². The predicted molar refractivity (Wildman–Crippen MR) is 85.2 cm³/mol. The van der Waals surface area contributed by atoms with E-state index < -0.39 is 0 Å². The maximum Gasteiger partial charge on any atom is 0.260 e. The van der Waals surface area contributed by atoms with Crippen LogP contribution in [-0.2, 0) is 12.8 Å². The highest BCUT2D eigenvalue weighted by molar-refractivity contribution is 7.71. The van der Waals surface area contributed by atoms with Gasteiger partial charge < -0.3 is 4.98 Å². The van der Waals surface area contributed by atoms with Gasteiger partial charge in [-0.2, -0.15) is 0 Å². The summed E-state index contributed by atoms with van der Waals surface area (Å²) in [5.74, 6) is 0. The number of thiophene rings is 1. The van der Waals surface area contributed by atoms with Gasteiger partial charge in [0.2, 0.25) is 0 Å². The maximum atomic E-state index is 12.3. The molecular weight excluding hydrogens is 288 g/mol. The van der Waals surface area contributed by atoms with Crippen LogP contribution in [0.1, 0.15) is 49.0 Å². The fourth-order valence-corrected chi connectivity index (χ4v) is 5.58. The van der Waals surface area contributed by atoms with Crippen LogP contribution in [0.15, 0.2) is 4.79 Å². The average Bonchev–Trinajstić information content (AvgIpc) is 2.77. The summed E-state index contributed by atoms with van der Waals surface area (Å²) in [7, 11) is 0. The first-order valence-electron chi connectivity index (χ1n) is 7.44. The summed E-state index contributed by atoms with van der Waals surface area (Å²) >= 11 is 6.81. The van der Waals surface area contributed by atoms with Crippen LogP contribution in [0.2, 0.25) is 0 Å². The van der Waals surface area contributed by atoms with E-state index in [1.807, 2.05) is 0 Å². The Morgan fingerprint density at radius 1 is 1.10 bits per heavy atom. The van der Waals surface area contributed by atoms with Crippen LogP contribution in [0, 0.1) is 10.2 Å². The molecule has 0 aliphatic heterocycles. The highest BCUT2D eigenvalue weighted by atomic mass is 32.1. The number of fused-ring (bicyclic) bond motifs is 3. The smallest absolute Gasteiger partial charge is 0.260 e. The molecule has 2 aliphatic carbocycles. The zero-order valence-corrected chi connectivity index (χ0v) is 13.0. The molecule has 0 bridgehead atoms. The molecule has 0 unspecified atom stereocenters. The van der Waals surface area contributed by atoms with Gasteiger partial charge in [0, 0.05) is 4.88 Å². The lowest BCUT2D eigenvalue weighted by atomic mass is 9.65. The van der Waals surface area contributed by atoms with Gasteiger partial charge in [0.15, 0.2) is 4.77 Å². The average molecular weight is 306 g/mol. The molecule has 0 amide bonds. The Hall–Kier alpha value is -0.940. The van der Waals surface area contributed by atoms with Crippen LogP contribution in [-0.4, -0.2) is 9.97 Å². The van der Waals surface area contributed by atoms with Crippen LogP contribution >= 0.6 is 23.6 Å². The SMILES string of the molecule is O=c1[nH]c(=S)[nH]c2sc3c(c12)CC1(CCCCC1)CC3. The van der Waals surface area contributed by atoms with E-state index in [1.54, 1.807) is 11.3 Å². The molecule has 1 saturated carbocycles. The third kappa shape index (κ3) is 1.91. The molecule has 2 heterocycles. The van der Waals surface area contributed by atoms with Crippen molar-refractivity contribution >= 4 is 33.8 Å². The van der Waals surface area contributed by atoms with Crippen LogP contribution in [0.25, 0.3) is 10.2 Å². The van der Waals surface area contributed by atoms with Crippen molar-refractivity contribution in [2.45, 2.75) is 51.4 Å². The zero-order chi connectivity index (χ0) is 13.7. The van der Waals surface area contributed by atoms with Gasteiger partial charge in [-0.15, -0.1) is 11.3 Å². The van der Waals surface area contributed by atoms with E-state index in [-0.39, 0.29) is 5.56 Å². The number of aromatic amines is 2. The first kappa shape index (κ1) is 12.8. The first-order valence-corrected chi connectivity index (χ1v) is 8.66. The van der Waals surface area contributed by atoms with Crippen LogP contribution in [0.5, 0.6) is 0 Å². The second-order valence-corrected chi connectivity index (χ2v) is 7.87. The van der Waals surface area contributed by atoms with Crippen molar-refractivity contribution in [2.75, 3.05) is 0 Å². The minimum atomic E-state index is -0.00545. The van der Waals surface area contributed by atoms with E-state index in [9.17, 15) is 4.79 Å². The monoisotopic (exact) mass is 306 g/mol. The highest BCUT2D eigenvalue weighted by Gasteiger charge is 2.37. The molecule has 5 heteroatoms.